The van der Waals surface area contributed by atoms with E-state index in [1.807, 2.05) is 37.3 Å². The van der Waals surface area contributed by atoms with Crippen molar-refractivity contribution in [1.82, 2.24) is 5.32 Å². The fourth-order valence-electron chi connectivity index (χ4n) is 2.65. The molecule has 0 bridgehead atoms. The van der Waals surface area contributed by atoms with Crippen molar-refractivity contribution >= 4 is 23.1 Å². The Morgan fingerprint density at radius 1 is 1.32 bits per heavy atom. The van der Waals surface area contributed by atoms with E-state index in [2.05, 4.69) is 5.32 Å². The number of nitrogens with two attached hydrogens (primary N) is 1. The highest BCUT2D eigenvalue weighted by Gasteiger charge is 2.37. The molecule has 1 saturated carbocycles. The fourth-order valence-corrected chi connectivity index (χ4v) is 2.85. The van der Waals surface area contributed by atoms with Crippen molar-refractivity contribution in [2.75, 3.05) is 0 Å². The molecule has 1 fully saturated rings. The van der Waals surface area contributed by atoms with Gasteiger partial charge in [0, 0.05) is 5.41 Å². The lowest BCUT2D eigenvalue weighted by molar-refractivity contribution is -0.130. The van der Waals surface area contributed by atoms with Gasteiger partial charge in [-0.05, 0) is 18.4 Å². The van der Waals surface area contributed by atoms with Crippen LogP contribution >= 0.6 is 12.2 Å². The van der Waals surface area contributed by atoms with Gasteiger partial charge in [0.1, 0.15) is 11.0 Å². The number of nitrogens with one attached hydrogen (secondary N) is 1. The first-order valence-corrected chi connectivity index (χ1v) is 7.09. The number of carbonyl (C=O) groups excluding carboxylic acids is 1. The lowest BCUT2D eigenvalue weighted by Crippen LogP contribution is -2.43. The van der Waals surface area contributed by atoms with Gasteiger partial charge in [0.25, 0.3) is 0 Å². The van der Waals surface area contributed by atoms with Gasteiger partial charge >= 0.3 is 0 Å². The lowest BCUT2D eigenvalue weighted by atomic mass is 9.87. The van der Waals surface area contributed by atoms with Crippen molar-refractivity contribution < 1.29 is 4.79 Å². The molecule has 3 nitrogen and oxygen atoms in total. The molecule has 2 rings (SSSR count). The summed E-state index contributed by atoms with van der Waals surface area (Å²) in [7, 11) is 0. The number of rotatable bonds is 4. The summed E-state index contributed by atoms with van der Waals surface area (Å²) < 4.78 is 0. The van der Waals surface area contributed by atoms with Gasteiger partial charge in [-0.1, -0.05) is 62.3 Å². The van der Waals surface area contributed by atoms with E-state index in [1.165, 1.54) is 0 Å². The molecule has 0 spiro atoms. The Morgan fingerprint density at radius 2 is 1.89 bits per heavy atom. The Labute approximate surface area is 119 Å². The van der Waals surface area contributed by atoms with Crippen LogP contribution in [0.25, 0.3) is 0 Å². The molecule has 0 heterocycles. The van der Waals surface area contributed by atoms with Crippen LogP contribution in [-0.4, -0.2) is 10.9 Å². The highest BCUT2D eigenvalue weighted by molar-refractivity contribution is 7.80. The second kappa shape index (κ2) is 5.70. The zero-order valence-electron chi connectivity index (χ0n) is 11.2. The Hall–Kier alpha value is -1.42. The van der Waals surface area contributed by atoms with E-state index in [1.54, 1.807) is 0 Å². The van der Waals surface area contributed by atoms with Crippen molar-refractivity contribution in [1.29, 1.82) is 0 Å². The molecule has 0 aromatic heterocycles. The van der Waals surface area contributed by atoms with Crippen molar-refractivity contribution in [3.8, 4) is 0 Å². The molecule has 19 heavy (non-hydrogen) atoms. The van der Waals surface area contributed by atoms with Gasteiger partial charge in [-0.25, -0.2) is 0 Å². The summed E-state index contributed by atoms with van der Waals surface area (Å²) in [6.07, 6.45) is 4.12. The molecule has 1 aromatic rings. The highest BCUT2D eigenvalue weighted by Crippen LogP contribution is 2.38. The molecule has 1 aromatic carbocycles. The SMILES string of the molecule is CC1(C(=O)NC(C(N)=S)c2ccccc2)CCCC1. The number of hydrogen-bond acceptors (Lipinski definition) is 2. The van der Waals surface area contributed by atoms with Gasteiger partial charge in [-0.15, -0.1) is 0 Å². The summed E-state index contributed by atoms with van der Waals surface area (Å²) in [5, 5.41) is 3.01. The van der Waals surface area contributed by atoms with Crippen molar-refractivity contribution in [2.24, 2.45) is 11.1 Å². The first kappa shape index (κ1) is 14.0. The topological polar surface area (TPSA) is 55.1 Å². The summed E-state index contributed by atoms with van der Waals surface area (Å²) in [5.41, 5.74) is 6.44. The highest BCUT2D eigenvalue weighted by atomic mass is 32.1. The second-order valence-corrected chi connectivity index (χ2v) is 5.96. The van der Waals surface area contributed by atoms with Crippen LogP contribution in [0.5, 0.6) is 0 Å². The van der Waals surface area contributed by atoms with Crippen molar-refractivity contribution in [3.05, 3.63) is 35.9 Å². The van der Waals surface area contributed by atoms with Crippen LogP contribution in [0.2, 0.25) is 0 Å². The van der Waals surface area contributed by atoms with Crippen LogP contribution in [0.4, 0.5) is 0 Å². The predicted octanol–water partition coefficient (Wildman–Crippen LogP) is 2.71. The average Bonchev–Trinajstić information content (AvgIpc) is 2.84. The van der Waals surface area contributed by atoms with Crippen molar-refractivity contribution in [2.45, 2.75) is 38.6 Å². The van der Waals surface area contributed by atoms with Crippen LogP contribution in [0.1, 0.15) is 44.2 Å². The molecular formula is C15H20N2OS. The fraction of sp³-hybridized carbons (Fsp3) is 0.467. The monoisotopic (exact) mass is 276 g/mol. The maximum atomic E-state index is 12.4. The number of carbonyl (C=O) groups is 1. The molecule has 4 heteroatoms. The zero-order chi connectivity index (χ0) is 13.9. The summed E-state index contributed by atoms with van der Waals surface area (Å²) >= 11 is 5.09. The molecule has 1 unspecified atom stereocenters. The smallest absolute Gasteiger partial charge is 0.226 e. The lowest BCUT2D eigenvalue weighted by Gasteiger charge is -2.26. The first-order valence-electron chi connectivity index (χ1n) is 6.68. The molecule has 102 valence electrons. The van der Waals surface area contributed by atoms with E-state index in [-0.39, 0.29) is 17.4 Å². The van der Waals surface area contributed by atoms with E-state index in [9.17, 15) is 4.79 Å². The van der Waals surface area contributed by atoms with Gasteiger partial charge in [-0.2, -0.15) is 0 Å². The predicted molar refractivity (Wildman–Crippen MR) is 80.7 cm³/mol. The van der Waals surface area contributed by atoms with Crippen LogP contribution in [0, 0.1) is 5.41 Å². The third kappa shape index (κ3) is 3.13. The summed E-state index contributed by atoms with van der Waals surface area (Å²) in [4.78, 5) is 12.7. The van der Waals surface area contributed by atoms with E-state index in [4.69, 9.17) is 18.0 Å². The maximum absolute atomic E-state index is 12.4. The molecule has 0 radical (unpaired) electrons. The largest absolute Gasteiger partial charge is 0.391 e. The van der Waals surface area contributed by atoms with Crippen LogP contribution in [0.15, 0.2) is 30.3 Å². The summed E-state index contributed by atoms with van der Waals surface area (Å²) in [5.74, 6) is 0.0617. The third-order valence-corrected chi connectivity index (χ3v) is 4.18. The molecule has 1 amide bonds. The Morgan fingerprint density at radius 3 is 2.42 bits per heavy atom. The Balaban J connectivity index is 2.14. The molecule has 0 saturated heterocycles. The van der Waals surface area contributed by atoms with E-state index in [0.29, 0.717) is 4.99 Å². The molecule has 3 N–H and O–H groups in total. The zero-order valence-corrected chi connectivity index (χ0v) is 12.0. The first-order chi connectivity index (χ1) is 9.03. The summed E-state index contributed by atoms with van der Waals surface area (Å²) in [6, 6.07) is 9.26. The second-order valence-electron chi connectivity index (χ2n) is 5.49. The summed E-state index contributed by atoms with van der Waals surface area (Å²) in [6.45, 7) is 2.02. The van der Waals surface area contributed by atoms with E-state index >= 15 is 0 Å². The number of benzene rings is 1. The molecule has 1 aliphatic carbocycles. The van der Waals surface area contributed by atoms with Crippen LogP contribution < -0.4 is 11.1 Å². The normalized spacial score (nSPS) is 18.8. The number of amides is 1. The minimum Gasteiger partial charge on any atom is -0.391 e. The average molecular weight is 276 g/mol. The standard InChI is InChI=1S/C15H20N2OS/c1-15(9-5-6-10-15)14(18)17-12(13(16)19)11-7-3-2-4-8-11/h2-4,7-8,12H,5-6,9-10H2,1H3,(H2,16,19)(H,17,18). The van der Waals surface area contributed by atoms with Gasteiger partial charge in [-0.3, -0.25) is 4.79 Å². The Kier molecular flexibility index (Phi) is 4.20. The van der Waals surface area contributed by atoms with Gasteiger partial charge in [0.15, 0.2) is 0 Å². The molecule has 0 aliphatic heterocycles. The number of thiocarbonyl (C=S) groups is 1. The van der Waals surface area contributed by atoms with Crippen molar-refractivity contribution in [3.63, 3.8) is 0 Å². The Bertz CT molecular complexity index is 466. The quantitative estimate of drug-likeness (QED) is 0.831. The third-order valence-electron chi connectivity index (χ3n) is 3.95. The van der Waals surface area contributed by atoms with Crippen LogP contribution in [0.3, 0.4) is 0 Å². The van der Waals surface area contributed by atoms with E-state index < -0.39 is 0 Å². The number of hydrogen-bond donors (Lipinski definition) is 2. The molecule has 1 aliphatic rings. The van der Waals surface area contributed by atoms with Gasteiger partial charge < -0.3 is 11.1 Å². The molecule has 1 atom stereocenters. The minimum atomic E-state index is -0.374. The van der Waals surface area contributed by atoms with E-state index in [0.717, 1.165) is 31.2 Å². The van der Waals surface area contributed by atoms with Crippen LogP contribution in [-0.2, 0) is 4.79 Å². The maximum Gasteiger partial charge on any atom is 0.226 e. The van der Waals surface area contributed by atoms with Gasteiger partial charge in [0.05, 0.1) is 0 Å². The minimum absolute atomic E-state index is 0.0617. The molecular weight excluding hydrogens is 256 g/mol. The van der Waals surface area contributed by atoms with Gasteiger partial charge in [0.2, 0.25) is 5.91 Å².